The van der Waals surface area contributed by atoms with Crippen LogP contribution >= 0.6 is 0 Å². The lowest BCUT2D eigenvalue weighted by Gasteiger charge is -2.11. The number of benzene rings is 2. The molecule has 0 unspecified atom stereocenters. The van der Waals surface area contributed by atoms with Crippen LogP contribution in [-0.4, -0.2) is 32.0 Å². The Morgan fingerprint density at radius 2 is 1.67 bits per heavy atom. The second kappa shape index (κ2) is 6.79. The van der Waals surface area contributed by atoms with Crippen LogP contribution in [0.15, 0.2) is 48.5 Å². The number of hydrogen-bond donors (Lipinski definition) is 1. The first-order chi connectivity index (χ1) is 10.1. The van der Waals surface area contributed by atoms with E-state index in [0.29, 0.717) is 5.56 Å². The quantitative estimate of drug-likeness (QED) is 0.917. The first-order valence-electron chi connectivity index (χ1n) is 6.78. The summed E-state index contributed by atoms with van der Waals surface area (Å²) in [6, 6.07) is 15.4. The van der Waals surface area contributed by atoms with Gasteiger partial charge in [0.05, 0.1) is 7.11 Å². The minimum Gasteiger partial charge on any atom is -0.497 e. The number of methoxy groups -OCH3 is 1. The zero-order valence-electron chi connectivity index (χ0n) is 12.6. The fraction of sp³-hybridized carbons (Fsp3) is 0.235. The Hall–Kier alpha value is -2.49. The second-order valence-electron chi connectivity index (χ2n) is 4.98. The lowest BCUT2D eigenvalue weighted by atomic mass is 10.1. The molecule has 0 radical (unpaired) electrons. The second-order valence-corrected chi connectivity index (χ2v) is 4.98. The fourth-order valence-corrected chi connectivity index (χ4v) is 1.94. The Morgan fingerprint density at radius 1 is 1.05 bits per heavy atom. The number of nitrogens with one attached hydrogen (secondary N) is 1. The van der Waals surface area contributed by atoms with Crippen LogP contribution in [0.1, 0.15) is 15.9 Å². The summed E-state index contributed by atoms with van der Waals surface area (Å²) in [5.41, 5.74) is 2.85. The number of anilines is 1. The Bertz CT molecular complexity index is 589. The molecule has 21 heavy (non-hydrogen) atoms. The fourth-order valence-electron chi connectivity index (χ4n) is 1.94. The van der Waals surface area contributed by atoms with Crippen LogP contribution in [-0.2, 0) is 6.54 Å². The summed E-state index contributed by atoms with van der Waals surface area (Å²) in [7, 11) is 5.15. The average Bonchev–Trinajstić information content (AvgIpc) is 2.53. The largest absolute Gasteiger partial charge is 0.497 e. The van der Waals surface area contributed by atoms with Crippen molar-refractivity contribution in [2.75, 3.05) is 26.5 Å². The van der Waals surface area contributed by atoms with Crippen molar-refractivity contribution in [3.8, 4) is 5.75 Å². The van der Waals surface area contributed by atoms with Crippen LogP contribution in [0.25, 0.3) is 0 Å². The van der Waals surface area contributed by atoms with Crippen LogP contribution < -0.4 is 10.1 Å². The van der Waals surface area contributed by atoms with E-state index < -0.39 is 0 Å². The van der Waals surface area contributed by atoms with E-state index >= 15 is 0 Å². The van der Waals surface area contributed by atoms with Crippen LogP contribution in [0.5, 0.6) is 5.75 Å². The molecule has 1 amide bonds. The summed E-state index contributed by atoms with van der Waals surface area (Å²) >= 11 is 0. The van der Waals surface area contributed by atoms with Crippen LogP contribution in [0.3, 0.4) is 0 Å². The maximum atomic E-state index is 11.8. The predicted molar refractivity (Wildman–Crippen MR) is 84.8 cm³/mol. The zero-order valence-corrected chi connectivity index (χ0v) is 12.6. The van der Waals surface area contributed by atoms with Gasteiger partial charge < -0.3 is 15.0 Å². The molecule has 0 saturated heterocycles. The van der Waals surface area contributed by atoms with E-state index in [1.54, 1.807) is 26.1 Å². The third-order valence-electron chi connectivity index (χ3n) is 3.19. The highest BCUT2D eigenvalue weighted by Crippen LogP contribution is 2.14. The molecular weight excluding hydrogens is 264 g/mol. The number of amides is 1. The molecule has 4 heteroatoms. The van der Waals surface area contributed by atoms with Crippen molar-refractivity contribution in [1.29, 1.82) is 0 Å². The van der Waals surface area contributed by atoms with Crippen molar-refractivity contribution in [2.24, 2.45) is 0 Å². The van der Waals surface area contributed by atoms with Crippen LogP contribution in [0, 0.1) is 0 Å². The van der Waals surface area contributed by atoms with Gasteiger partial charge in [0, 0.05) is 31.9 Å². The highest BCUT2D eigenvalue weighted by molar-refractivity contribution is 5.94. The van der Waals surface area contributed by atoms with Gasteiger partial charge in [0.1, 0.15) is 5.75 Å². The Labute approximate surface area is 125 Å². The minimum atomic E-state index is 0.0108. The minimum absolute atomic E-state index is 0.0108. The molecule has 4 nitrogen and oxygen atoms in total. The molecule has 2 rings (SSSR count). The van der Waals surface area contributed by atoms with E-state index in [9.17, 15) is 4.79 Å². The number of rotatable bonds is 5. The summed E-state index contributed by atoms with van der Waals surface area (Å²) in [5, 5.41) is 3.33. The molecular formula is C17H20N2O2. The molecule has 2 aromatic carbocycles. The van der Waals surface area contributed by atoms with Crippen molar-refractivity contribution < 1.29 is 9.53 Å². The molecule has 0 saturated carbocycles. The standard InChI is InChI=1S/C17H20N2O2/c1-19(2)17(20)14-6-8-15(9-7-14)18-12-13-4-10-16(21-3)11-5-13/h4-11,18H,12H2,1-3H3. The molecule has 0 aliphatic carbocycles. The smallest absolute Gasteiger partial charge is 0.253 e. The van der Waals surface area contributed by atoms with E-state index in [2.05, 4.69) is 5.32 Å². The molecule has 0 aliphatic heterocycles. The maximum absolute atomic E-state index is 11.8. The number of carbonyl (C=O) groups is 1. The van der Waals surface area contributed by atoms with E-state index in [4.69, 9.17) is 4.74 Å². The van der Waals surface area contributed by atoms with Crippen LogP contribution in [0.4, 0.5) is 5.69 Å². The van der Waals surface area contributed by atoms with E-state index in [1.807, 2.05) is 48.5 Å². The van der Waals surface area contributed by atoms with E-state index in [-0.39, 0.29) is 5.91 Å². The van der Waals surface area contributed by atoms with Crippen molar-refractivity contribution in [1.82, 2.24) is 4.90 Å². The highest BCUT2D eigenvalue weighted by Gasteiger charge is 2.06. The summed E-state index contributed by atoms with van der Waals surface area (Å²) in [4.78, 5) is 13.4. The van der Waals surface area contributed by atoms with Gasteiger partial charge in [0.15, 0.2) is 0 Å². The van der Waals surface area contributed by atoms with Crippen molar-refractivity contribution in [3.05, 3.63) is 59.7 Å². The first kappa shape index (κ1) is 14.9. The lowest BCUT2D eigenvalue weighted by molar-refractivity contribution is 0.0827. The Kier molecular flexibility index (Phi) is 4.82. The SMILES string of the molecule is COc1ccc(CNc2ccc(C(=O)N(C)C)cc2)cc1. The summed E-state index contributed by atoms with van der Waals surface area (Å²) in [6.07, 6.45) is 0. The number of hydrogen-bond acceptors (Lipinski definition) is 3. The van der Waals surface area contributed by atoms with Gasteiger partial charge >= 0.3 is 0 Å². The topological polar surface area (TPSA) is 41.6 Å². The van der Waals surface area contributed by atoms with Crippen LogP contribution in [0.2, 0.25) is 0 Å². The van der Waals surface area contributed by atoms with Gasteiger partial charge in [0.25, 0.3) is 5.91 Å². The van der Waals surface area contributed by atoms with Crippen molar-refractivity contribution in [3.63, 3.8) is 0 Å². The van der Waals surface area contributed by atoms with E-state index in [0.717, 1.165) is 18.0 Å². The van der Waals surface area contributed by atoms with Gasteiger partial charge in [0.2, 0.25) is 0 Å². The molecule has 0 atom stereocenters. The molecule has 0 spiro atoms. The molecule has 0 fully saturated rings. The summed E-state index contributed by atoms with van der Waals surface area (Å²) in [6.45, 7) is 0.727. The number of nitrogens with zero attached hydrogens (tertiary/aromatic N) is 1. The summed E-state index contributed by atoms with van der Waals surface area (Å²) < 4.78 is 5.13. The predicted octanol–water partition coefficient (Wildman–Crippen LogP) is 3.01. The third-order valence-corrected chi connectivity index (χ3v) is 3.19. The van der Waals surface area contributed by atoms with Gasteiger partial charge in [-0.05, 0) is 42.0 Å². The zero-order chi connectivity index (χ0) is 15.2. The monoisotopic (exact) mass is 284 g/mol. The summed E-state index contributed by atoms with van der Waals surface area (Å²) in [5.74, 6) is 0.863. The Morgan fingerprint density at radius 3 is 2.19 bits per heavy atom. The van der Waals surface area contributed by atoms with Crippen molar-refractivity contribution in [2.45, 2.75) is 6.54 Å². The molecule has 1 N–H and O–H groups in total. The lowest BCUT2D eigenvalue weighted by Crippen LogP contribution is -2.21. The highest BCUT2D eigenvalue weighted by atomic mass is 16.5. The molecule has 0 aliphatic rings. The van der Waals surface area contributed by atoms with Gasteiger partial charge in [-0.1, -0.05) is 12.1 Å². The van der Waals surface area contributed by atoms with Crippen molar-refractivity contribution >= 4 is 11.6 Å². The maximum Gasteiger partial charge on any atom is 0.253 e. The number of ether oxygens (including phenoxy) is 1. The molecule has 0 heterocycles. The van der Waals surface area contributed by atoms with E-state index in [1.165, 1.54) is 5.56 Å². The molecule has 110 valence electrons. The van der Waals surface area contributed by atoms with Gasteiger partial charge in [-0.2, -0.15) is 0 Å². The first-order valence-corrected chi connectivity index (χ1v) is 6.78. The molecule has 0 bridgehead atoms. The molecule has 0 aromatic heterocycles. The number of carbonyl (C=O) groups excluding carboxylic acids is 1. The normalized spacial score (nSPS) is 10.0. The van der Waals surface area contributed by atoms with Gasteiger partial charge in [-0.3, -0.25) is 4.79 Å². The van der Waals surface area contributed by atoms with Gasteiger partial charge in [-0.25, -0.2) is 0 Å². The third kappa shape index (κ3) is 3.99. The van der Waals surface area contributed by atoms with Gasteiger partial charge in [-0.15, -0.1) is 0 Å². The average molecular weight is 284 g/mol. The molecule has 2 aromatic rings. The Balaban J connectivity index is 1.95.